The second kappa shape index (κ2) is 4.06. The van der Waals surface area contributed by atoms with Crippen LogP contribution in [0.4, 0.5) is 0 Å². The van der Waals surface area contributed by atoms with Gasteiger partial charge in [0.15, 0.2) is 0 Å². The first-order valence-corrected chi connectivity index (χ1v) is 4.78. The molecule has 1 atom stereocenters. The van der Waals surface area contributed by atoms with E-state index in [0.717, 1.165) is 0 Å². The van der Waals surface area contributed by atoms with Crippen LogP contribution in [-0.4, -0.2) is 4.89 Å². The van der Waals surface area contributed by atoms with Gasteiger partial charge in [-0.2, -0.15) is 0 Å². The molecule has 1 N–H and O–H groups in total. The summed E-state index contributed by atoms with van der Waals surface area (Å²) in [5, 5.41) is 0.419. The van der Waals surface area contributed by atoms with E-state index in [9.17, 15) is 4.57 Å². The lowest BCUT2D eigenvalue weighted by atomic mass is 10.3. The molecule has 3 nitrogen and oxygen atoms in total. The van der Waals surface area contributed by atoms with Crippen LogP contribution in [0.25, 0.3) is 0 Å². The third-order valence-electron chi connectivity index (χ3n) is 1.09. The van der Waals surface area contributed by atoms with Gasteiger partial charge in [-0.15, -0.1) is 4.89 Å². The zero-order valence-electron chi connectivity index (χ0n) is 5.70. The van der Waals surface area contributed by atoms with E-state index >= 15 is 0 Å². The lowest BCUT2D eigenvalue weighted by Crippen LogP contribution is -1.81. The summed E-state index contributed by atoms with van der Waals surface area (Å²) in [6, 6.07) is 4.58. The average molecular weight is 226 g/mol. The Hall–Kier alpha value is -0.340. The Balaban J connectivity index is 3.00. The van der Waals surface area contributed by atoms with Gasteiger partial charge in [-0.05, 0) is 12.1 Å². The van der Waals surface area contributed by atoms with Crippen molar-refractivity contribution in [2.24, 2.45) is 0 Å². The molecule has 0 saturated heterocycles. The summed E-state index contributed by atoms with van der Waals surface area (Å²) >= 11 is 11.2. The van der Waals surface area contributed by atoms with Gasteiger partial charge in [-0.25, -0.2) is 4.52 Å². The first-order valence-electron chi connectivity index (χ1n) is 2.89. The zero-order chi connectivity index (χ0) is 9.14. The second-order valence-electron chi connectivity index (χ2n) is 1.88. The van der Waals surface area contributed by atoms with Gasteiger partial charge in [0, 0.05) is 4.57 Å². The van der Waals surface area contributed by atoms with Crippen molar-refractivity contribution in [3.63, 3.8) is 0 Å². The molecule has 0 aliphatic carbocycles. The standard InChI is InChI=1S/C6H3Cl2O3P/c7-4-2-1-3-5(6(4)8)11-12(9)10/h1-3H/p+1. The van der Waals surface area contributed by atoms with Crippen molar-refractivity contribution >= 4 is 31.5 Å². The smallest absolute Gasteiger partial charge is 0.228 e. The van der Waals surface area contributed by atoms with Crippen molar-refractivity contribution in [1.29, 1.82) is 0 Å². The predicted octanol–water partition coefficient (Wildman–Crippen LogP) is 3.02. The number of benzene rings is 1. The summed E-state index contributed by atoms with van der Waals surface area (Å²) in [7, 11) is -2.70. The molecular formula is C6H4Cl2O3P+. The topological polar surface area (TPSA) is 46.5 Å². The number of rotatable bonds is 2. The highest BCUT2D eigenvalue weighted by Crippen LogP contribution is 2.35. The highest BCUT2D eigenvalue weighted by atomic mass is 35.5. The molecule has 0 saturated carbocycles. The highest BCUT2D eigenvalue weighted by Gasteiger charge is 2.17. The predicted molar refractivity (Wildman–Crippen MR) is 46.9 cm³/mol. The largest absolute Gasteiger partial charge is 0.747 e. The van der Waals surface area contributed by atoms with Gasteiger partial charge < -0.3 is 0 Å². The summed E-state index contributed by atoms with van der Waals surface area (Å²) in [5.41, 5.74) is 0. The maximum atomic E-state index is 10.3. The van der Waals surface area contributed by atoms with Gasteiger partial charge in [0.2, 0.25) is 5.75 Å². The third kappa shape index (κ3) is 2.32. The van der Waals surface area contributed by atoms with Crippen molar-refractivity contribution in [2.45, 2.75) is 0 Å². The second-order valence-corrected chi connectivity index (χ2v) is 3.32. The van der Waals surface area contributed by atoms with Crippen LogP contribution in [0.5, 0.6) is 5.75 Å². The number of hydrogen-bond donors (Lipinski definition) is 1. The zero-order valence-corrected chi connectivity index (χ0v) is 8.11. The van der Waals surface area contributed by atoms with Crippen LogP contribution in [0.15, 0.2) is 18.2 Å². The fourth-order valence-electron chi connectivity index (χ4n) is 0.639. The minimum Gasteiger partial charge on any atom is -0.228 e. The fourth-order valence-corrected chi connectivity index (χ4v) is 1.34. The van der Waals surface area contributed by atoms with Crippen molar-refractivity contribution in [1.82, 2.24) is 0 Å². The van der Waals surface area contributed by atoms with Gasteiger partial charge in [-0.3, -0.25) is 0 Å². The molecule has 0 bridgehead atoms. The maximum absolute atomic E-state index is 10.3. The molecule has 0 aromatic heterocycles. The van der Waals surface area contributed by atoms with Crippen LogP contribution >= 0.6 is 31.5 Å². The molecule has 0 amide bonds. The minimum absolute atomic E-state index is 0.104. The Labute approximate surface area is 79.8 Å². The van der Waals surface area contributed by atoms with E-state index in [-0.39, 0.29) is 15.8 Å². The summed E-state index contributed by atoms with van der Waals surface area (Å²) in [5.74, 6) is 0.104. The van der Waals surface area contributed by atoms with Crippen LogP contribution in [-0.2, 0) is 4.57 Å². The van der Waals surface area contributed by atoms with Gasteiger partial charge in [0.25, 0.3) is 0 Å². The average Bonchev–Trinajstić information content (AvgIpc) is 1.98. The van der Waals surface area contributed by atoms with Gasteiger partial charge in [-0.1, -0.05) is 29.3 Å². The van der Waals surface area contributed by atoms with Gasteiger partial charge in [0.05, 0.1) is 5.02 Å². The van der Waals surface area contributed by atoms with E-state index in [0.29, 0.717) is 0 Å². The van der Waals surface area contributed by atoms with Gasteiger partial charge >= 0.3 is 8.25 Å². The van der Waals surface area contributed by atoms with E-state index in [1.165, 1.54) is 6.07 Å². The van der Waals surface area contributed by atoms with Crippen LogP contribution in [0.3, 0.4) is 0 Å². The lowest BCUT2D eigenvalue weighted by molar-refractivity contribution is 0.410. The van der Waals surface area contributed by atoms with Crippen molar-refractivity contribution in [3.8, 4) is 5.75 Å². The normalized spacial score (nSPS) is 11.1. The molecule has 1 unspecified atom stereocenters. The van der Waals surface area contributed by atoms with E-state index in [1.54, 1.807) is 12.1 Å². The molecule has 1 aromatic rings. The molecule has 0 fully saturated rings. The Morgan fingerprint density at radius 2 is 2.08 bits per heavy atom. The Morgan fingerprint density at radius 3 is 2.67 bits per heavy atom. The SMILES string of the molecule is O=[P+](O)Oc1cccc(Cl)c1Cl. The van der Waals surface area contributed by atoms with E-state index in [1.807, 2.05) is 0 Å². The van der Waals surface area contributed by atoms with Crippen LogP contribution in [0.2, 0.25) is 10.0 Å². The molecule has 0 heterocycles. The summed E-state index contributed by atoms with van der Waals surface area (Å²) in [6.45, 7) is 0. The van der Waals surface area contributed by atoms with Crippen LogP contribution in [0, 0.1) is 0 Å². The molecule has 0 spiro atoms. The van der Waals surface area contributed by atoms with E-state index in [2.05, 4.69) is 4.52 Å². The molecule has 1 aromatic carbocycles. The first kappa shape index (κ1) is 9.75. The van der Waals surface area contributed by atoms with E-state index in [4.69, 9.17) is 28.1 Å². The first-order chi connectivity index (χ1) is 5.61. The Bertz CT molecular complexity index is 316. The van der Waals surface area contributed by atoms with Crippen molar-refractivity contribution in [2.75, 3.05) is 0 Å². The molecular weight excluding hydrogens is 222 g/mol. The maximum Gasteiger partial charge on any atom is 0.747 e. The molecule has 1 rings (SSSR count). The molecule has 0 aliphatic rings. The molecule has 64 valence electrons. The number of halogens is 2. The number of hydrogen-bond acceptors (Lipinski definition) is 2. The van der Waals surface area contributed by atoms with Gasteiger partial charge in [0.1, 0.15) is 5.02 Å². The van der Waals surface area contributed by atoms with Crippen molar-refractivity contribution in [3.05, 3.63) is 28.2 Å². The minimum atomic E-state index is -2.70. The molecule has 12 heavy (non-hydrogen) atoms. The molecule has 0 radical (unpaired) electrons. The molecule has 6 heteroatoms. The highest BCUT2D eigenvalue weighted by molar-refractivity contribution is 7.32. The monoisotopic (exact) mass is 225 g/mol. The van der Waals surface area contributed by atoms with Crippen molar-refractivity contribution < 1.29 is 14.0 Å². The Kier molecular flexibility index (Phi) is 3.29. The summed E-state index contributed by atoms with van der Waals surface area (Å²) in [4.78, 5) is 8.41. The fraction of sp³-hybridized carbons (Fsp3) is 0. The lowest BCUT2D eigenvalue weighted by Gasteiger charge is -1.96. The molecule has 0 aliphatic heterocycles. The van der Waals surface area contributed by atoms with E-state index < -0.39 is 8.25 Å². The third-order valence-corrected chi connectivity index (χ3v) is 2.25. The van der Waals surface area contributed by atoms with Crippen LogP contribution < -0.4 is 4.52 Å². The van der Waals surface area contributed by atoms with Crippen LogP contribution in [0.1, 0.15) is 0 Å². The Morgan fingerprint density at radius 1 is 1.42 bits per heavy atom. The summed E-state index contributed by atoms with van der Waals surface area (Å²) < 4.78 is 14.7. The summed E-state index contributed by atoms with van der Waals surface area (Å²) in [6.07, 6.45) is 0. The quantitative estimate of drug-likeness (QED) is 0.788.